The van der Waals surface area contributed by atoms with Crippen LogP contribution in [0.3, 0.4) is 0 Å². The minimum atomic E-state index is -0.391. The minimum Gasteiger partial charge on any atom is -0.465 e. The number of methoxy groups -OCH3 is 1. The summed E-state index contributed by atoms with van der Waals surface area (Å²) in [5.74, 6) is -0.156. The summed E-state index contributed by atoms with van der Waals surface area (Å²) in [5.41, 5.74) is 2.23. The Hall–Kier alpha value is -1.22. The van der Waals surface area contributed by atoms with Gasteiger partial charge in [-0.1, -0.05) is 31.5 Å². The number of ether oxygens (including phenoxy) is 1. The smallest absolute Gasteiger partial charge is 0.341 e. The molecule has 0 aromatic carbocycles. The van der Waals surface area contributed by atoms with Gasteiger partial charge in [-0.3, -0.25) is 0 Å². The number of rotatable bonds is 4. The summed E-state index contributed by atoms with van der Waals surface area (Å²) in [7, 11) is 1.36. The molecule has 0 saturated carbocycles. The van der Waals surface area contributed by atoms with E-state index >= 15 is 0 Å². The molecule has 1 aromatic heterocycles. The van der Waals surface area contributed by atoms with Crippen molar-refractivity contribution in [3.8, 4) is 0 Å². The van der Waals surface area contributed by atoms with Crippen molar-refractivity contribution >= 4 is 17.6 Å². The highest BCUT2D eigenvalue weighted by molar-refractivity contribution is 6.34. The maximum atomic E-state index is 11.7. The van der Waals surface area contributed by atoms with Gasteiger partial charge >= 0.3 is 5.97 Å². The second-order valence-corrected chi connectivity index (χ2v) is 4.58. The molecule has 0 fully saturated rings. The molecule has 0 aliphatic rings. The highest BCUT2D eigenvalue weighted by Crippen LogP contribution is 2.33. The quantitative estimate of drug-likeness (QED) is 0.609. The standard InChI is InChI=1S/C13H18ClNO2/c1-6-7-15-9(4)10(13(16)17-5)11(14)12(15)8(2)3/h6,8H,1,7H2,2-5H3. The van der Waals surface area contributed by atoms with E-state index in [9.17, 15) is 4.79 Å². The van der Waals surface area contributed by atoms with E-state index in [1.54, 1.807) is 6.08 Å². The van der Waals surface area contributed by atoms with Gasteiger partial charge in [0.15, 0.2) is 0 Å². The molecule has 1 heterocycles. The summed E-state index contributed by atoms with van der Waals surface area (Å²) in [6, 6.07) is 0. The Morgan fingerprint density at radius 2 is 2.18 bits per heavy atom. The van der Waals surface area contributed by atoms with Crippen LogP contribution < -0.4 is 0 Å². The molecule has 3 nitrogen and oxygen atoms in total. The highest BCUT2D eigenvalue weighted by Gasteiger charge is 2.25. The molecule has 94 valence electrons. The van der Waals surface area contributed by atoms with E-state index in [1.165, 1.54) is 7.11 Å². The Morgan fingerprint density at radius 1 is 1.59 bits per heavy atom. The van der Waals surface area contributed by atoms with Crippen molar-refractivity contribution in [3.63, 3.8) is 0 Å². The topological polar surface area (TPSA) is 31.2 Å². The van der Waals surface area contributed by atoms with Crippen LogP contribution in [-0.4, -0.2) is 17.6 Å². The maximum absolute atomic E-state index is 11.7. The molecule has 0 saturated heterocycles. The summed E-state index contributed by atoms with van der Waals surface area (Å²) in [6.07, 6.45) is 1.79. The molecule has 1 aromatic rings. The lowest BCUT2D eigenvalue weighted by molar-refractivity contribution is 0.0600. The summed E-state index contributed by atoms with van der Waals surface area (Å²) in [5, 5.41) is 0.492. The minimum absolute atomic E-state index is 0.236. The number of halogens is 1. The predicted octanol–water partition coefficient (Wildman–Crippen LogP) is 3.55. The van der Waals surface area contributed by atoms with Gasteiger partial charge in [-0.05, 0) is 12.8 Å². The zero-order valence-corrected chi connectivity index (χ0v) is 11.5. The number of carbonyl (C=O) groups excluding carboxylic acids is 1. The largest absolute Gasteiger partial charge is 0.465 e. The van der Waals surface area contributed by atoms with Crippen LogP contribution in [0.5, 0.6) is 0 Å². The molecule has 0 amide bonds. The lowest BCUT2D eigenvalue weighted by atomic mass is 10.1. The van der Waals surface area contributed by atoms with E-state index in [2.05, 4.69) is 6.58 Å². The monoisotopic (exact) mass is 255 g/mol. The number of allylic oxidation sites excluding steroid dienone is 1. The Bertz CT molecular complexity index is 447. The predicted molar refractivity (Wildman–Crippen MR) is 69.8 cm³/mol. The summed E-state index contributed by atoms with van der Waals surface area (Å²) < 4.78 is 6.77. The van der Waals surface area contributed by atoms with E-state index in [4.69, 9.17) is 16.3 Å². The number of hydrogen-bond acceptors (Lipinski definition) is 2. The zero-order chi connectivity index (χ0) is 13.2. The molecule has 0 bridgehead atoms. The van der Waals surface area contributed by atoms with Gasteiger partial charge in [0.1, 0.15) is 0 Å². The van der Waals surface area contributed by atoms with Crippen LogP contribution in [0.15, 0.2) is 12.7 Å². The van der Waals surface area contributed by atoms with Crippen molar-refractivity contribution in [2.45, 2.75) is 33.2 Å². The van der Waals surface area contributed by atoms with Crippen LogP contribution in [0.4, 0.5) is 0 Å². The van der Waals surface area contributed by atoms with Gasteiger partial charge in [0.05, 0.1) is 17.7 Å². The van der Waals surface area contributed by atoms with Crippen molar-refractivity contribution in [2.75, 3.05) is 7.11 Å². The van der Waals surface area contributed by atoms with Crippen LogP contribution in [0.25, 0.3) is 0 Å². The second-order valence-electron chi connectivity index (χ2n) is 4.21. The maximum Gasteiger partial charge on any atom is 0.341 e. The molecule has 0 atom stereocenters. The Morgan fingerprint density at radius 3 is 2.59 bits per heavy atom. The van der Waals surface area contributed by atoms with Crippen molar-refractivity contribution in [1.82, 2.24) is 4.57 Å². The molecule has 0 aliphatic carbocycles. The van der Waals surface area contributed by atoms with Crippen LogP contribution in [0.2, 0.25) is 5.02 Å². The van der Waals surface area contributed by atoms with Gasteiger partial charge in [-0.25, -0.2) is 4.79 Å². The number of nitrogens with zero attached hydrogens (tertiary/aromatic N) is 1. The molecule has 4 heteroatoms. The van der Waals surface area contributed by atoms with Crippen molar-refractivity contribution in [3.05, 3.63) is 34.6 Å². The first-order valence-electron chi connectivity index (χ1n) is 5.53. The Labute approximate surface area is 107 Å². The van der Waals surface area contributed by atoms with Crippen LogP contribution >= 0.6 is 11.6 Å². The number of aromatic nitrogens is 1. The van der Waals surface area contributed by atoms with E-state index in [0.29, 0.717) is 17.1 Å². The number of carbonyl (C=O) groups is 1. The van der Waals surface area contributed by atoms with Crippen LogP contribution in [0.1, 0.15) is 41.5 Å². The molecule has 0 radical (unpaired) electrons. The molecule has 0 unspecified atom stereocenters. The van der Waals surface area contributed by atoms with E-state index in [-0.39, 0.29) is 5.92 Å². The average Bonchev–Trinajstić information content (AvgIpc) is 2.51. The van der Waals surface area contributed by atoms with Gasteiger partial charge in [0.25, 0.3) is 0 Å². The third-order valence-corrected chi connectivity index (χ3v) is 3.13. The second kappa shape index (κ2) is 5.41. The van der Waals surface area contributed by atoms with Crippen molar-refractivity contribution in [1.29, 1.82) is 0 Å². The van der Waals surface area contributed by atoms with Crippen LogP contribution in [0, 0.1) is 6.92 Å². The van der Waals surface area contributed by atoms with Gasteiger partial charge in [-0.15, -0.1) is 6.58 Å². The molecular formula is C13H18ClNO2. The fraction of sp³-hybridized carbons (Fsp3) is 0.462. The molecule has 0 aliphatic heterocycles. The SMILES string of the molecule is C=CCn1c(C)c(C(=O)OC)c(Cl)c1C(C)C. The van der Waals surface area contributed by atoms with Gasteiger partial charge in [0, 0.05) is 17.9 Å². The number of hydrogen-bond donors (Lipinski definition) is 0. The molecular weight excluding hydrogens is 238 g/mol. The normalized spacial score (nSPS) is 10.7. The highest BCUT2D eigenvalue weighted by atomic mass is 35.5. The van der Waals surface area contributed by atoms with E-state index in [0.717, 1.165) is 11.4 Å². The first-order valence-corrected chi connectivity index (χ1v) is 5.91. The number of esters is 1. The average molecular weight is 256 g/mol. The first kappa shape index (κ1) is 13.8. The van der Waals surface area contributed by atoms with Gasteiger partial charge in [0.2, 0.25) is 0 Å². The van der Waals surface area contributed by atoms with Gasteiger partial charge in [-0.2, -0.15) is 0 Å². The molecule has 0 N–H and O–H groups in total. The Kier molecular flexibility index (Phi) is 4.40. The zero-order valence-electron chi connectivity index (χ0n) is 10.7. The lowest BCUT2D eigenvalue weighted by Gasteiger charge is -2.12. The molecule has 1 rings (SSSR count). The summed E-state index contributed by atoms with van der Waals surface area (Å²) in [6.45, 7) is 10.3. The fourth-order valence-electron chi connectivity index (χ4n) is 1.99. The third-order valence-electron chi connectivity index (χ3n) is 2.75. The first-order chi connectivity index (χ1) is 7.95. The fourth-order valence-corrected chi connectivity index (χ4v) is 2.52. The lowest BCUT2D eigenvalue weighted by Crippen LogP contribution is -2.06. The molecule has 17 heavy (non-hydrogen) atoms. The summed E-state index contributed by atoms with van der Waals surface area (Å²) >= 11 is 6.28. The van der Waals surface area contributed by atoms with Crippen molar-refractivity contribution < 1.29 is 9.53 Å². The van der Waals surface area contributed by atoms with E-state index < -0.39 is 5.97 Å². The third kappa shape index (κ3) is 2.39. The van der Waals surface area contributed by atoms with Crippen molar-refractivity contribution in [2.24, 2.45) is 0 Å². The molecule has 0 spiro atoms. The Balaban J connectivity index is 3.49. The summed E-state index contributed by atoms with van der Waals surface area (Å²) in [4.78, 5) is 11.7. The van der Waals surface area contributed by atoms with Crippen LogP contribution in [-0.2, 0) is 11.3 Å². The van der Waals surface area contributed by atoms with E-state index in [1.807, 2.05) is 25.3 Å². The van der Waals surface area contributed by atoms with Gasteiger partial charge < -0.3 is 9.30 Å².